The largest absolute Gasteiger partial charge is 0.102 e. The molecule has 107 heavy (non-hydrogen) atoms. The van der Waals surface area contributed by atoms with Crippen molar-refractivity contribution in [2.24, 2.45) is 0 Å². The van der Waals surface area contributed by atoms with Gasteiger partial charge in [0.1, 0.15) is 0 Å². The van der Waals surface area contributed by atoms with Gasteiger partial charge < -0.3 is 0 Å². The lowest BCUT2D eigenvalue weighted by molar-refractivity contribution is 4.29. The molecule has 0 aliphatic rings. The van der Waals surface area contributed by atoms with Crippen molar-refractivity contribution in [1.82, 2.24) is 0 Å². The summed E-state index contributed by atoms with van der Waals surface area (Å²) in [5.41, 5.74) is 0. The van der Waals surface area contributed by atoms with Crippen LogP contribution in [0.25, 0.3) is 0 Å². The van der Waals surface area contributed by atoms with Gasteiger partial charge >= 0.3 is 0 Å². The lowest BCUT2D eigenvalue weighted by atomic mass is 28.3. The average molecular weight is 3420 g/mol. The fourth-order valence-electron chi connectivity index (χ4n) is 6.59. The monoisotopic (exact) mass is 3420 g/mol. The molecule has 0 aromatic heterocycles. The molecule has 0 rings (SSSR count). The first-order chi connectivity index (χ1) is 48.7. The zero-order valence-electron chi connectivity index (χ0n) is 54.8. The highest BCUT2D eigenvalue weighted by molar-refractivity contribution is 9.61. The maximum Gasteiger partial charge on any atom is -0.000000208 e. The Labute approximate surface area is 839 Å². The standard InChI is InChI=1S/H107P107/c1-55-82(54)96(83(56(2)3)57(4)5)103(97(84(58(6)7)59(8)9)85(60(10)11)61(12)13)106(102(94(78(46)47)79(48)49)95(80(50)51)81(52)53)107(104(98(86(62(14)15)63(16)17)87(64(18)19)65(20)21)99(88(66(22)23)67(24)25)89(68(26)27)69(28)29)105(100(90(70(30)31)71(32)33)91(72(34)35)73(36)37)101(92(74(38)39)75(40)41)93(76(42)43)77(44)45/h1-2,55H,3-54H2. The maximum atomic E-state index is 5.03. The molecule has 0 aliphatic carbocycles. The highest BCUT2D eigenvalue weighted by atomic mass is 33.7. The van der Waals surface area contributed by atoms with Gasteiger partial charge in [-0.1, -0.05) is 25.8 Å². The molecule has 0 N–H and O–H groups in total. The summed E-state index contributed by atoms with van der Waals surface area (Å²) in [4.78, 5) is 0. The van der Waals surface area contributed by atoms with Crippen molar-refractivity contribution in [3.63, 3.8) is 0 Å². The Morgan fingerprint density at radius 3 is 0.252 bits per heavy atom. The second-order valence-corrected chi connectivity index (χ2v) is 459. The first-order valence-electron chi connectivity index (χ1n) is 24.3. The van der Waals surface area contributed by atoms with Crippen molar-refractivity contribution in [2.45, 2.75) is 0 Å². The first-order valence-corrected chi connectivity index (χ1v) is 219. The van der Waals surface area contributed by atoms with E-state index in [4.69, 9.17) is 17.9 Å². The van der Waals surface area contributed by atoms with E-state index < -0.39 is 363 Å². The van der Waals surface area contributed by atoms with Crippen molar-refractivity contribution >= 4 is 853 Å². The molecule has 0 aliphatic heterocycles. The molecule has 0 nitrogen and oxygen atoms in total. The van der Waals surface area contributed by atoms with Crippen molar-refractivity contribution in [3.8, 4) is 0 Å². The van der Waals surface area contributed by atoms with Crippen molar-refractivity contribution in [2.75, 3.05) is 0 Å². The molecule has 59 atom stereocenters. The fourth-order valence-corrected chi connectivity index (χ4v) is 1600. The third-order valence-electron chi connectivity index (χ3n) is 9.50. The van der Waals surface area contributed by atoms with Gasteiger partial charge in [0.15, 0.2) is 0 Å². The molecule has 0 saturated heterocycles. The molecule has 0 amide bonds. The number of hydrogen-bond donors (Lipinski definition) is 0. The minimum absolute atomic E-state index is 0.438. The zero-order chi connectivity index (χ0) is 84.7. The summed E-state index contributed by atoms with van der Waals surface area (Å²) >= 11 is 0. The minimum atomic E-state index is -0.721. The smallest absolute Gasteiger partial charge is 0.000000208 e. The Hall–Kier alpha value is 46.0. The van der Waals surface area contributed by atoms with Crippen LogP contribution in [-0.4, -0.2) is 0 Å². The van der Waals surface area contributed by atoms with E-state index in [9.17, 15) is 0 Å². The summed E-state index contributed by atoms with van der Waals surface area (Å²) in [6.45, 7) is -26.0. The Kier molecular flexibility index (Phi) is 120. The number of rotatable bonds is 52. The van der Waals surface area contributed by atoms with Gasteiger partial charge in [0.25, 0.3) is 0 Å². The predicted molar refractivity (Wildman–Crippen MR) is 890 cm³/mol. The lowest BCUT2D eigenvalue weighted by Crippen LogP contribution is -1.77. The van der Waals surface area contributed by atoms with E-state index >= 15 is 0 Å². The van der Waals surface area contributed by atoms with Crippen LogP contribution in [0.15, 0.2) is 0 Å². The summed E-state index contributed by atoms with van der Waals surface area (Å²) in [5.74, 6) is 0. The quantitative estimate of drug-likeness (QED) is 0.0533. The van der Waals surface area contributed by atoms with Gasteiger partial charge in [0, 0.05) is 0 Å². The van der Waals surface area contributed by atoms with Crippen LogP contribution in [0.1, 0.15) is 0 Å². The zero-order valence-corrected chi connectivity index (χ0v) is 164. The fraction of sp³-hybridized carbons (Fsp3) is 0. The molecule has 0 fully saturated rings. The van der Waals surface area contributed by atoms with Crippen LogP contribution in [0.5, 0.6) is 0 Å². The van der Waals surface area contributed by atoms with Gasteiger partial charge in [-0.2, -0.15) is 0 Å². The Morgan fingerprint density at radius 1 is 0.112 bits per heavy atom. The van der Waals surface area contributed by atoms with E-state index in [0.29, 0.717) is 0 Å². The molecule has 0 spiro atoms. The van der Waals surface area contributed by atoms with Gasteiger partial charge in [0.2, 0.25) is 0 Å². The normalized spacial score (nSPS) is 15.9. The van der Waals surface area contributed by atoms with Crippen LogP contribution < -0.4 is 0 Å². The highest BCUT2D eigenvalue weighted by Gasteiger charge is 2.68. The molecule has 0 aromatic rings. The van der Waals surface area contributed by atoms with E-state index in [1.54, 1.807) is 0 Å². The van der Waals surface area contributed by atoms with Crippen LogP contribution in [0.3, 0.4) is 0 Å². The van der Waals surface area contributed by atoms with Crippen LogP contribution in [0.2, 0.25) is 0 Å². The van der Waals surface area contributed by atoms with Gasteiger partial charge in [-0.3, -0.25) is 0 Å². The van der Waals surface area contributed by atoms with Gasteiger partial charge in [-0.15, -0.1) is 464 Å². The third kappa shape index (κ3) is 53.9. The highest BCUT2D eigenvalue weighted by Crippen LogP contribution is 3.55. The first kappa shape index (κ1) is 153. The molecule has 0 bridgehead atoms. The van der Waals surface area contributed by atoms with Gasteiger partial charge in [0.05, 0.1) is 0 Å². The summed E-state index contributed by atoms with van der Waals surface area (Å²) in [5, 5.41) is 0. The second kappa shape index (κ2) is 84.1. The van der Waals surface area contributed by atoms with Crippen LogP contribution in [0.4, 0.5) is 0 Å². The predicted octanol–water partition coefficient (Wildman–Crippen LogP) is 63.5. The molecule has 0 saturated carbocycles. The third-order valence-corrected chi connectivity index (χ3v) is 770. The van der Waals surface area contributed by atoms with E-state index in [1.165, 1.54) is 0 Å². The average Bonchev–Trinajstić information content (AvgIpc) is 0.706. The molecule has 0 aromatic carbocycles. The van der Waals surface area contributed by atoms with Crippen molar-refractivity contribution in [1.29, 1.82) is 0 Å². The van der Waals surface area contributed by atoms with E-state index in [0.717, 1.165) is 7.96 Å². The number of hydrogen-bond acceptors (Lipinski definition) is 0. The minimum Gasteiger partial charge on any atom is -0.102 e. The van der Waals surface area contributed by atoms with E-state index in [-0.39, 0.29) is 0 Å². The van der Waals surface area contributed by atoms with Gasteiger partial charge in [-0.25, -0.2) is 0 Å². The van der Waals surface area contributed by atoms with Crippen molar-refractivity contribution < 1.29 is 0 Å². The van der Waals surface area contributed by atoms with Crippen LogP contribution in [-0.2, 0) is 0 Å². The van der Waals surface area contributed by atoms with Crippen LogP contribution in [0, 0.1) is 0 Å². The maximum absolute atomic E-state index is 5.03. The van der Waals surface area contributed by atoms with E-state index in [2.05, 4.69) is 464 Å². The van der Waals surface area contributed by atoms with Gasteiger partial charge in [-0.05, 0) is 363 Å². The molecular weight excluding hydrogens is 3310 g/mol. The molecule has 59 unspecified atom stereocenters. The molecular formula is H107P107. The summed E-state index contributed by atoms with van der Waals surface area (Å²) in [6.07, 6.45) is 0. The second-order valence-electron chi connectivity index (χ2n) is 17.0. The molecule has 2 radical (unpaired) electrons. The summed E-state index contributed by atoms with van der Waals surface area (Å²) < 4.78 is 0. The van der Waals surface area contributed by atoms with Crippen LogP contribution >= 0.6 is 853 Å². The topological polar surface area (TPSA) is 0 Å². The SMILES string of the molecule is [PH]PP(P)P(P(P([PH])P)P(P)P)P(P(P(P(P)P)P(P)P)P(P(P)P)P(P)P)P(P(P(P(P)P)P(P)P)P(P(P)P)P(P)P)P(P(P(P(P(P)P)P(P)P)P(P(P)P)P(P)P)P(P(P(P)P)P(P)P)P(P(P)P)P(P)P)P(P(P(P(P)P)P(P)P)P(P(P)P)P(P)P)P(P(P(P)P)P(P)P)P(P(P)P)P(P)P. The van der Waals surface area contributed by atoms with Crippen molar-refractivity contribution in [3.05, 3.63) is 0 Å². The molecule has 107 heteroatoms. The summed E-state index contributed by atoms with van der Waals surface area (Å²) in [7, 11) is 210. The summed E-state index contributed by atoms with van der Waals surface area (Å²) in [6, 6.07) is 0. The molecule has 642 valence electrons. The Bertz CT molecular complexity index is 1830. The van der Waals surface area contributed by atoms with E-state index in [1.807, 2.05) is 0 Å². The lowest BCUT2D eigenvalue weighted by Gasteiger charge is -2.64. The molecule has 0 heterocycles. The Morgan fingerprint density at radius 2 is 0.187 bits per heavy atom. The Balaban J connectivity index is 15.3.